The van der Waals surface area contributed by atoms with Gasteiger partial charge in [-0.3, -0.25) is 4.79 Å². The Bertz CT molecular complexity index is 964. The number of aromatic nitrogens is 2. The molecule has 0 unspecified atom stereocenters. The number of anilines is 3. The lowest BCUT2D eigenvalue weighted by Crippen LogP contribution is -2.14. The number of carbonyl (C=O) groups excluding carboxylic acids is 1. The van der Waals surface area contributed by atoms with Crippen LogP contribution < -0.4 is 10.6 Å². The molecule has 8 heteroatoms. The maximum atomic E-state index is 13.2. The van der Waals surface area contributed by atoms with Crippen molar-refractivity contribution in [3.63, 3.8) is 0 Å². The highest BCUT2D eigenvalue weighted by Crippen LogP contribution is 2.21. The molecule has 0 saturated heterocycles. The molecule has 132 valence electrons. The minimum Gasteiger partial charge on any atom is -0.339 e. The zero-order valence-corrected chi connectivity index (χ0v) is 14.3. The third-order valence-electron chi connectivity index (χ3n) is 3.51. The van der Waals surface area contributed by atoms with Crippen LogP contribution in [0.5, 0.6) is 0 Å². The molecular formula is C18H13ClF2N4O. The Labute approximate surface area is 153 Å². The van der Waals surface area contributed by atoms with Gasteiger partial charge in [0.1, 0.15) is 11.5 Å². The minimum absolute atomic E-state index is 0.0949. The van der Waals surface area contributed by atoms with E-state index in [0.717, 1.165) is 17.7 Å². The molecule has 3 rings (SSSR count). The normalized spacial score (nSPS) is 10.5. The number of halogens is 3. The smallest absolute Gasteiger partial charge is 0.275 e. The summed E-state index contributed by atoms with van der Waals surface area (Å²) in [5.41, 5.74) is 1.84. The predicted octanol–water partition coefficient (Wildman–Crippen LogP) is 4.71. The Balaban J connectivity index is 1.69. The quantitative estimate of drug-likeness (QED) is 0.694. The molecule has 0 atom stereocenters. The number of hydrogen-bond donors (Lipinski definition) is 2. The number of nitrogens with one attached hydrogen (secondary N) is 2. The number of carbonyl (C=O) groups is 1. The molecule has 2 N–H and O–H groups in total. The first-order valence-corrected chi connectivity index (χ1v) is 7.92. The number of nitrogens with zero attached hydrogens (tertiary/aromatic N) is 2. The first-order valence-electron chi connectivity index (χ1n) is 7.54. The number of benzene rings is 2. The number of hydrogen-bond acceptors (Lipinski definition) is 4. The van der Waals surface area contributed by atoms with Crippen LogP contribution in [0.25, 0.3) is 0 Å². The lowest BCUT2D eigenvalue weighted by molar-refractivity contribution is 0.102. The topological polar surface area (TPSA) is 66.9 Å². The van der Waals surface area contributed by atoms with Gasteiger partial charge in [0.25, 0.3) is 5.91 Å². The van der Waals surface area contributed by atoms with E-state index >= 15 is 0 Å². The van der Waals surface area contributed by atoms with Crippen molar-refractivity contribution in [3.8, 4) is 0 Å². The fourth-order valence-electron chi connectivity index (χ4n) is 2.10. The molecule has 26 heavy (non-hydrogen) atoms. The van der Waals surface area contributed by atoms with Gasteiger partial charge in [-0.25, -0.2) is 18.7 Å². The van der Waals surface area contributed by atoms with Gasteiger partial charge in [0.2, 0.25) is 0 Å². The van der Waals surface area contributed by atoms with Crippen molar-refractivity contribution in [2.75, 3.05) is 10.6 Å². The fraction of sp³-hybridized carbons (Fsp3) is 0.0556. The van der Waals surface area contributed by atoms with Gasteiger partial charge in [-0.15, -0.1) is 0 Å². The van der Waals surface area contributed by atoms with E-state index in [0.29, 0.717) is 16.4 Å². The standard InChI is InChI=1S/C18H13ClF2N4O/c1-10-2-3-11(6-13(10)19)25-18(26)16-8-23-17(9-22-16)24-12-4-5-14(20)15(21)7-12/h2-9H,1H3,(H,23,24)(H,25,26). The van der Waals surface area contributed by atoms with E-state index < -0.39 is 17.5 Å². The Kier molecular flexibility index (Phi) is 5.09. The van der Waals surface area contributed by atoms with Crippen molar-refractivity contribution < 1.29 is 13.6 Å². The van der Waals surface area contributed by atoms with Crippen LogP contribution in [0.1, 0.15) is 16.1 Å². The second-order valence-corrected chi connectivity index (χ2v) is 5.87. The van der Waals surface area contributed by atoms with Gasteiger partial charge in [0.15, 0.2) is 11.6 Å². The third kappa shape index (κ3) is 4.12. The van der Waals surface area contributed by atoms with E-state index in [-0.39, 0.29) is 11.5 Å². The molecule has 0 fully saturated rings. The largest absolute Gasteiger partial charge is 0.339 e. The van der Waals surface area contributed by atoms with Crippen LogP contribution in [0, 0.1) is 18.6 Å². The van der Waals surface area contributed by atoms with Crippen LogP contribution in [0.15, 0.2) is 48.8 Å². The molecule has 0 radical (unpaired) electrons. The second kappa shape index (κ2) is 7.45. The van der Waals surface area contributed by atoms with Crippen LogP contribution in [-0.4, -0.2) is 15.9 Å². The number of rotatable bonds is 4. The highest BCUT2D eigenvalue weighted by Gasteiger charge is 2.10. The van der Waals surface area contributed by atoms with Gasteiger partial charge < -0.3 is 10.6 Å². The van der Waals surface area contributed by atoms with Crippen molar-refractivity contribution in [3.05, 3.63) is 76.7 Å². The Morgan fingerprint density at radius 2 is 1.77 bits per heavy atom. The number of aryl methyl sites for hydroxylation is 1. The molecule has 2 aromatic carbocycles. The zero-order valence-electron chi connectivity index (χ0n) is 13.6. The van der Waals surface area contributed by atoms with Crippen molar-refractivity contribution in [2.24, 2.45) is 0 Å². The molecular weight excluding hydrogens is 362 g/mol. The average molecular weight is 375 g/mol. The van der Waals surface area contributed by atoms with Crippen LogP contribution >= 0.6 is 11.6 Å². The van der Waals surface area contributed by atoms with Gasteiger partial charge in [0.05, 0.1) is 12.4 Å². The Hall–Kier alpha value is -3.06. The summed E-state index contributed by atoms with van der Waals surface area (Å²) in [6.45, 7) is 1.86. The van der Waals surface area contributed by atoms with E-state index in [2.05, 4.69) is 20.6 Å². The fourth-order valence-corrected chi connectivity index (χ4v) is 2.28. The van der Waals surface area contributed by atoms with E-state index in [4.69, 9.17) is 11.6 Å². The molecule has 0 aliphatic heterocycles. The maximum absolute atomic E-state index is 13.2. The summed E-state index contributed by atoms with van der Waals surface area (Å²) in [5.74, 6) is -2.08. The lowest BCUT2D eigenvalue weighted by atomic mass is 10.2. The van der Waals surface area contributed by atoms with Crippen molar-refractivity contribution in [1.29, 1.82) is 0 Å². The van der Waals surface area contributed by atoms with Gasteiger partial charge in [-0.05, 0) is 36.8 Å². The van der Waals surface area contributed by atoms with E-state index in [9.17, 15) is 13.6 Å². The van der Waals surface area contributed by atoms with E-state index in [1.54, 1.807) is 18.2 Å². The highest BCUT2D eigenvalue weighted by atomic mass is 35.5. The molecule has 1 aromatic heterocycles. The monoisotopic (exact) mass is 374 g/mol. The van der Waals surface area contributed by atoms with Crippen LogP contribution in [-0.2, 0) is 0 Å². The van der Waals surface area contributed by atoms with Crippen molar-refractivity contribution >= 4 is 34.7 Å². The van der Waals surface area contributed by atoms with Gasteiger partial charge in [0, 0.05) is 22.5 Å². The Morgan fingerprint density at radius 1 is 1.00 bits per heavy atom. The summed E-state index contributed by atoms with van der Waals surface area (Å²) in [7, 11) is 0. The lowest BCUT2D eigenvalue weighted by Gasteiger charge is -2.08. The number of amides is 1. The first-order chi connectivity index (χ1) is 12.4. The molecule has 0 bridgehead atoms. The van der Waals surface area contributed by atoms with Crippen molar-refractivity contribution in [2.45, 2.75) is 6.92 Å². The molecule has 5 nitrogen and oxygen atoms in total. The van der Waals surface area contributed by atoms with Gasteiger partial charge in [-0.2, -0.15) is 0 Å². The van der Waals surface area contributed by atoms with Gasteiger partial charge >= 0.3 is 0 Å². The first kappa shape index (κ1) is 17.8. The molecule has 0 aliphatic rings. The summed E-state index contributed by atoms with van der Waals surface area (Å²) in [4.78, 5) is 20.3. The van der Waals surface area contributed by atoms with Gasteiger partial charge in [-0.1, -0.05) is 17.7 Å². The highest BCUT2D eigenvalue weighted by molar-refractivity contribution is 6.31. The summed E-state index contributed by atoms with van der Waals surface area (Å²) >= 11 is 6.02. The molecule has 0 aliphatic carbocycles. The average Bonchev–Trinajstić information content (AvgIpc) is 2.62. The zero-order chi connectivity index (χ0) is 18.7. The maximum Gasteiger partial charge on any atom is 0.275 e. The van der Waals surface area contributed by atoms with Crippen molar-refractivity contribution in [1.82, 2.24) is 9.97 Å². The summed E-state index contributed by atoms with van der Waals surface area (Å²) in [5, 5.41) is 5.99. The second-order valence-electron chi connectivity index (χ2n) is 5.46. The summed E-state index contributed by atoms with van der Waals surface area (Å²) in [6.07, 6.45) is 2.59. The molecule has 3 aromatic rings. The van der Waals surface area contributed by atoms with Crippen LogP contribution in [0.2, 0.25) is 5.02 Å². The molecule has 1 amide bonds. The van der Waals surface area contributed by atoms with E-state index in [1.807, 2.05) is 6.92 Å². The van der Waals surface area contributed by atoms with Crippen LogP contribution in [0.4, 0.5) is 26.0 Å². The summed E-state index contributed by atoms with van der Waals surface area (Å²) < 4.78 is 26.1. The van der Waals surface area contributed by atoms with E-state index in [1.165, 1.54) is 18.5 Å². The molecule has 1 heterocycles. The Morgan fingerprint density at radius 3 is 2.42 bits per heavy atom. The predicted molar refractivity (Wildman–Crippen MR) is 95.8 cm³/mol. The summed E-state index contributed by atoms with van der Waals surface area (Å²) in [6, 6.07) is 8.52. The molecule has 0 spiro atoms. The van der Waals surface area contributed by atoms with Crippen LogP contribution in [0.3, 0.4) is 0 Å². The minimum atomic E-state index is -0.976. The third-order valence-corrected chi connectivity index (χ3v) is 3.91. The SMILES string of the molecule is Cc1ccc(NC(=O)c2cnc(Nc3ccc(F)c(F)c3)cn2)cc1Cl. The molecule has 0 saturated carbocycles.